The maximum absolute atomic E-state index is 10.6. The molecular formula is C8H13NO4. The molecule has 3 unspecified atom stereocenters. The third-order valence-electron chi connectivity index (χ3n) is 2.33. The predicted molar refractivity (Wildman–Crippen MR) is 44.4 cm³/mol. The van der Waals surface area contributed by atoms with Crippen LogP contribution in [0.2, 0.25) is 0 Å². The van der Waals surface area contributed by atoms with Crippen molar-refractivity contribution in [3.8, 4) is 0 Å². The molecule has 3 atom stereocenters. The van der Waals surface area contributed by atoms with E-state index in [1.165, 1.54) is 0 Å². The smallest absolute Gasteiger partial charge is 0.320 e. The highest BCUT2D eigenvalue weighted by molar-refractivity contribution is 5.75. The Balaban J connectivity index is 2.50. The molecule has 0 aromatic rings. The molecule has 1 rings (SSSR count). The standard InChI is InChI=1S/C8H13NO4/c1-4-2-5(3-6(10)11)9-7(4)8(12)13/h4-5,7,9H,2-3H2,1H3,(H,10,11)(H,12,13). The zero-order valence-electron chi connectivity index (χ0n) is 7.36. The number of hydrogen-bond donors (Lipinski definition) is 3. The molecule has 74 valence electrons. The Morgan fingerprint density at radius 2 is 2.08 bits per heavy atom. The molecule has 5 nitrogen and oxygen atoms in total. The minimum absolute atomic E-state index is 0.00171. The van der Waals surface area contributed by atoms with E-state index < -0.39 is 18.0 Å². The number of nitrogens with one attached hydrogen (secondary N) is 1. The third kappa shape index (κ3) is 2.42. The second-order valence-corrected chi connectivity index (χ2v) is 3.49. The van der Waals surface area contributed by atoms with Crippen molar-refractivity contribution in [2.24, 2.45) is 5.92 Å². The van der Waals surface area contributed by atoms with Gasteiger partial charge in [0.25, 0.3) is 0 Å². The Hall–Kier alpha value is -1.10. The maximum Gasteiger partial charge on any atom is 0.320 e. The Bertz CT molecular complexity index is 228. The Morgan fingerprint density at radius 1 is 1.46 bits per heavy atom. The highest BCUT2D eigenvalue weighted by Crippen LogP contribution is 2.21. The molecule has 5 heteroatoms. The number of rotatable bonds is 3. The number of carboxylic acids is 2. The molecule has 0 spiro atoms. The van der Waals surface area contributed by atoms with Gasteiger partial charge in [0.15, 0.2) is 0 Å². The van der Waals surface area contributed by atoms with Crippen LogP contribution < -0.4 is 5.32 Å². The molecule has 0 amide bonds. The SMILES string of the molecule is CC1CC(CC(=O)O)NC1C(=O)O. The molecule has 13 heavy (non-hydrogen) atoms. The van der Waals surface area contributed by atoms with Crippen LogP contribution >= 0.6 is 0 Å². The summed E-state index contributed by atoms with van der Waals surface area (Å²) in [5.41, 5.74) is 0. The summed E-state index contributed by atoms with van der Waals surface area (Å²) >= 11 is 0. The lowest BCUT2D eigenvalue weighted by molar-refractivity contribution is -0.141. The van der Waals surface area contributed by atoms with Gasteiger partial charge in [-0.2, -0.15) is 0 Å². The van der Waals surface area contributed by atoms with Gasteiger partial charge in [-0.3, -0.25) is 9.59 Å². The van der Waals surface area contributed by atoms with E-state index in [2.05, 4.69) is 5.32 Å². The summed E-state index contributed by atoms with van der Waals surface area (Å²) in [6.07, 6.45) is 0.609. The van der Waals surface area contributed by atoms with Gasteiger partial charge in [-0.05, 0) is 12.3 Å². The van der Waals surface area contributed by atoms with Crippen molar-refractivity contribution in [1.29, 1.82) is 0 Å². The lowest BCUT2D eigenvalue weighted by atomic mass is 10.0. The van der Waals surface area contributed by atoms with Crippen LogP contribution in [-0.4, -0.2) is 34.2 Å². The minimum atomic E-state index is -0.902. The van der Waals surface area contributed by atoms with E-state index >= 15 is 0 Å². The second-order valence-electron chi connectivity index (χ2n) is 3.49. The van der Waals surface area contributed by atoms with E-state index in [0.29, 0.717) is 6.42 Å². The Labute approximate surface area is 75.7 Å². The van der Waals surface area contributed by atoms with Crippen molar-refractivity contribution in [3.63, 3.8) is 0 Å². The van der Waals surface area contributed by atoms with Crippen LogP contribution in [0, 0.1) is 5.92 Å². The summed E-state index contributed by atoms with van der Waals surface area (Å²) in [5, 5.41) is 20.0. The lowest BCUT2D eigenvalue weighted by Gasteiger charge is -2.09. The normalized spacial score (nSPS) is 33.2. The van der Waals surface area contributed by atoms with Crippen LogP contribution in [0.15, 0.2) is 0 Å². The van der Waals surface area contributed by atoms with Crippen LogP contribution in [0.5, 0.6) is 0 Å². The maximum atomic E-state index is 10.6. The summed E-state index contributed by atoms with van der Waals surface area (Å²) < 4.78 is 0. The van der Waals surface area contributed by atoms with Gasteiger partial charge in [-0.1, -0.05) is 6.92 Å². The van der Waals surface area contributed by atoms with E-state index in [9.17, 15) is 9.59 Å². The summed E-state index contributed by atoms with van der Waals surface area (Å²) in [7, 11) is 0. The summed E-state index contributed by atoms with van der Waals surface area (Å²) in [6.45, 7) is 1.81. The van der Waals surface area contributed by atoms with Gasteiger partial charge in [0.1, 0.15) is 6.04 Å². The zero-order valence-corrected chi connectivity index (χ0v) is 7.36. The molecule has 0 aromatic heterocycles. The highest BCUT2D eigenvalue weighted by atomic mass is 16.4. The average Bonchev–Trinajstić information content (AvgIpc) is 2.29. The van der Waals surface area contributed by atoms with Gasteiger partial charge in [-0.25, -0.2) is 0 Å². The fraction of sp³-hybridized carbons (Fsp3) is 0.750. The largest absolute Gasteiger partial charge is 0.481 e. The molecule has 0 aromatic carbocycles. The molecule has 0 bridgehead atoms. The van der Waals surface area contributed by atoms with Gasteiger partial charge in [0.05, 0.1) is 6.42 Å². The predicted octanol–water partition coefficient (Wildman–Crippen LogP) is -0.0877. The summed E-state index contributed by atoms with van der Waals surface area (Å²) in [4.78, 5) is 21.0. The van der Waals surface area contributed by atoms with Crippen molar-refractivity contribution in [2.45, 2.75) is 31.8 Å². The summed E-state index contributed by atoms with van der Waals surface area (Å²) in [6, 6.07) is -0.794. The lowest BCUT2D eigenvalue weighted by Crippen LogP contribution is -2.38. The first-order valence-corrected chi connectivity index (χ1v) is 4.21. The Morgan fingerprint density at radius 3 is 2.46 bits per heavy atom. The minimum Gasteiger partial charge on any atom is -0.481 e. The highest BCUT2D eigenvalue weighted by Gasteiger charge is 2.35. The first-order valence-electron chi connectivity index (χ1n) is 4.21. The van der Waals surface area contributed by atoms with Gasteiger partial charge in [-0.15, -0.1) is 0 Å². The molecule has 1 saturated heterocycles. The van der Waals surface area contributed by atoms with Crippen LogP contribution in [-0.2, 0) is 9.59 Å². The fourth-order valence-corrected chi connectivity index (χ4v) is 1.74. The van der Waals surface area contributed by atoms with Crippen molar-refractivity contribution < 1.29 is 19.8 Å². The van der Waals surface area contributed by atoms with E-state index in [1.807, 2.05) is 6.92 Å². The molecule has 0 aliphatic carbocycles. The second kappa shape index (κ2) is 3.74. The van der Waals surface area contributed by atoms with Crippen LogP contribution in [0.25, 0.3) is 0 Å². The van der Waals surface area contributed by atoms with Gasteiger partial charge < -0.3 is 15.5 Å². The molecular weight excluding hydrogens is 174 g/mol. The third-order valence-corrected chi connectivity index (χ3v) is 2.33. The Kier molecular flexibility index (Phi) is 2.87. The molecule has 1 aliphatic rings. The van der Waals surface area contributed by atoms with Gasteiger partial charge in [0.2, 0.25) is 0 Å². The fourth-order valence-electron chi connectivity index (χ4n) is 1.74. The first kappa shape index (κ1) is 9.98. The van der Waals surface area contributed by atoms with Crippen LogP contribution in [0.3, 0.4) is 0 Å². The number of carboxylic acid groups (broad SMARTS) is 2. The van der Waals surface area contributed by atoms with Crippen LogP contribution in [0.1, 0.15) is 19.8 Å². The van der Waals surface area contributed by atoms with Gasteiger partial charge in [0, 0.05) is 6.04 Å². The quantitative estimate of drug-likeness (QED) is 0.575. The number of aliphatic carboxylic acids is 2. The molecule has 1 fully saturated rings. The van der Waals surface area contributed by atoms with Crippen molar-refractivity contribution in [2.75, 3.05) is 0 Å². The molecule has 0 radical (unpaired) electrons. The monoisotopic (exact) mass is 187 g/mol. The van der Waals surface area contributed by atoms with Crippen molar-refractivity contribution in [1.82, 2.24) is 5.32 Å². The first-order chi connectivity index (χ1) is 6.00. The molecule has 1 heterocycles. The van der Waals surface area contributed by atoms with E-state index in [1.54, 1.807) is 0 Å². The van der Waals surface area contributed by atoms with Crippen LogP contribution in [0.4, 0.5) is 0 Å². The molecule has 3 N–H and O–H groups in total. The number of hydrogen-bond acceptors (Lipinski definition) is 3. The van der Waals surface area contributed by atoms with Crippen molar-refractivity contribution in [3.05, 3.63) is 0 Å². The molecule has 0 saturated carbocycles. The van der Waals surface area contributed by atoms with Crippen molar-refractivity contribution >= 4 is 11.9 Å². The average molecular weight is 187 g/mol. The van der Waals surface area contributed by atoms with E-state index in [4.69, 9.17) is 10.2 Å². The van der Waals surface area contributed by atoms with Gasteiger partial charge >= 0.3 is 11.9 Å². The zero-order chi connectivity index (χ0) is 10.0. The topological polar surface area (TPSA) is 86.6 Å². The summed E-state index contributed by atoms with van der Waals surface area (Å²) in [5.74, 6) is -1.79. The number of carbonyl (C=O) groups is 2. The van der Waals surface area contributed by atoms with E-state index in [-0.39, 0.29) is 18.4 Å². The molecule has 1 aliphatic heterocycles. The van der Waals surface area contributed by atoms with E-state index in [0.717, 1.165) is 0 Å².